The van der Waals surface area contributed by atoms with E-state index in [2.05, 4.69) is 10.1 Å². The highest BCUT2D eigenvalue weighted by molar-refractivity contribution is 7.99. The van der Waals surface area contributed by atoms with E-state index in [1.807, 2.05) is 73.8 Å². The lowest BCUT2D eigenvalue weighted by atomic mass is 10.1. The Hall–Kier alpha value is -3.32. The van der Waals surface area contributed by atoms with Crippen LogP contribution in [0.5, 0.6) is 0 Å². The number of aryl methyl sites for hydroxylation is 1. The number of nitrogens with zero attached hydrogens (tertiary/aromatic N) is 3. The summed E-state index contributed by atoms with van der Waals surface area (Å²) in [5.41, 5.74) is 3.66. The van der Waals surface area contributed by atoms with Crippen LogP contribution in [0.4, 0.5) is 0 Å². The molecule has 0 radical (unpaired) electrons. The van der Waals surface area contributed by atoms with Gasteiger partial charge in [-0.15, -0.1) is 11.8 Å². The highest BCUT2D eigenvalue weighted by atomic mass is 32.2. The Morgan fingerprint density at radius 1 is 1.03 bits per heavy atom. The second-order valence-electron chi connectivity index (χ2n) is 7.47. The number of rotatable bonds is 10. The number of hydrogen-bond acceptors (Lipinski definition) is 6. The Morgan fingerprint density at radius 3 is 2.50 bits per heavy atom. The maximum atomic E-state index is 12.4. The van der Waals surface area contributed by atoms with Crippen LogP contribution >= 0.6 is 11.8 Å². The fourth-order valence-electron chi connectivity index (χ4n) is 3.23. The van der Waals surface area contributed by atoms with Gasteiger partial charge in [-0.1, -0.05) is 53.7 Å². The van der Waals surface area contributed by atoms with Gasteiger partial charge in [0.2, 0.25) is 11.8 Å². The van der Waals surface area contributed by atoms with Gasteiger partial charge < -0.3 is 13.8 Å². The minimum atomic E-state index is 0.101. The van der Waals surface area contributed by atoms with E-state index in [0.717, 1.165) is 41.1 Å². The van der Waals surface area contributed by atoms with Gasteiger partial charge in [-0.2, -0.15) is 0 Å². The van der Waals surface area contributed by atoms with Gasteiger partial charge in [0.05, 0.1) is 11.4 Å². The monoisotopic (exact) mass is 447 g/mol. The summed E-state index contributed by atoms with van der Waals surface area (Å²) < 4.78 is 11.0. The van der Waals surface area contributed by atoms with Crippen LogP contribution < -0.4 is 0 Å². The summed E-state index contributed by atoms with van der Waals surface area (Å²) in [6.45, 7) is 0.670. The van der Waals surface area contributed by atoms with Gasteiger partial charge in [0.1, 0.15) is 17.7 Å². The molecule has 6 nitrogen and oxygen atoms in total. The number of hydrogen-bond donors (Lipinski definition) is 0. The summed E-state index contributed by atoms with van der Waals surface area (Å²) in [5.74, 6) is 2.58. The van der Waals surface area contributed by atoms with E-state index in [1.165, 1.54) is 11.8 Å². The fraction of sp³-hybridized carbons (Fsp3) is 0.240. The van der Waals surface area contributed by atoms with Crippen LogP contribution in [0.1, 0.15) is 17.9 Å². The Morgan fingerprint density at radius 2 is 1.75 bits per heavy atom. The SMILES string of the molecule is CN(CCCc1cc(-c2ccccc2)no1)C(=O)CSCc1coc(-c2ccccc2)n1. The van der Waals surface area contributed by atoms with E-state index in [0.29, 0.717) is 23.9 Å². The summed E-state index contributed by atoms with van der Waals surface area (Å²) in [6, 6.07) is 21.7. The van der Waals surface area contributed by atoms with E-state index in [4.69, 9.17) is 8.94 Å². The van der Waals surface area contributed by atoms with Gasteiger partial charge in [-0.05, 0) is 18.6 Å². The van der Waals surface area contributed by atoms with Crippen molar-refractivity contribution in [3.8, 4) is 22.7 Å². The van der Waals surface area contributed by atoms with Crippen LogP contribution in [0.15, 0.2) is 81.9 Å². The first-order chi connectivity index (χ1) is 15.7. The number of amides is 1. The second kappa shape index (κ2) is 10.8. The summed E-state index contributed by atoms with van der Waals surface area (Å²) in [6.07, 6.45) is 3.22. The Bertz CT molecular complexity index is 1130. The molecular formula is C25H25N3O3S. The number of carbonyl (C=O) groups is 1. The van der Waals surface area contributed by atoms with Crippen LogP contribution in [0.3, 0.4) is 0 Å². The molecule has 4 rings (SSSR count). The van der Waals surface area contributed by atoms with Crippen molar-refractivity contribution in [2.24, 2.45) is 0 Å². The number of aromatic nitrogens is 2. The lowest BCUT2D eigenvalue weighted by molar-refractivity contribution is -0.127. The van der Waals surface area contributed by atoms with Crippen LogP contribution in [0, 0.1) is 0 Å². The van der Waals surface area contributed by atoms with E-state index < -0.39 is 0 Å². The van der Waals surface area contributed by atoms with Crippen molar-refractivity contribution >= 4 is 17.7 Å². The Labute approximate surface area is 191 Å². The number of benzene rings is 2. The first kappa shape index (κ1) is 21.9. The van der Waals surface area contributed by atoms with Crippen molar-refractivity contribution < 1.29 is 13.7 Å². The third-order valence-electron chi connectivity index (χ3n) is 5.02. The molecule has 0 N–H and O–H groups in total. The smallest absolute Gasteiger partial charge is 0.232 e. The molecular weight excluding hydrogens is 422 g/mol. The molecule has 0 aliphatic rings. The van der Waals surface area contributed by atoms with Gasteiger partial charge >= 0.3 is 0 Å². The van der Waals surface area contributed by atoms with Gasteiger partial charge in [0.15, 0.2) is 0 Å². The number of carbonyl (C=O) groups excluding carboxylic acids is 1. The van der Waals surface area contributed by atoms with Gasteiger partial charge in [-0.25, -0.2) is 4.98 Å². The van der Waals surface area contributed by atoms with Crippen molar-refractivity contribution in [1.29, 1.82) is 0 Å². The average Bonchev–Trinajstić information content (AvgIpc) is 3.50. The molecule has 0 aliphatic carbocycles. The molecule has 0 saturated heterocycles. The van der Waals surface area contributed by atoms with E-state index in [-0.39, 0.29) is 5.91 Å². The normalized spacial score (nSPS) is 10.9. The van der Waals surface area contributed by atoms with Crippen LogP contribution in [-0.4, -0.2) is 40.3 Å². The molecule has 2 aromatic heterocycles. The molecule has 1 amide bonds. The van der Waals surface area contributed by atoms with E-state index in [9.17, 15) is 4.79 Å². The van der Waals surface area contributed by atoms with Crippen molar-refractivity contribution in [3.63, 3.8) is 0 Å². The molecule has 0 atom stereocenters. The fourth-order valence-corrected chi connectivity index (χ4v) is 4.07. The lowest BCUT2D eigenvalue weighted by Crippen LogP contribution is -2.29. The average molecular weight is 448 g/mol. The van der Waals surface area contributed by atoms with Gasteiger partial charge in [0, 0.05) is 43.0 Å². The third kappa shape index (κ3) is 5.88. The van der Waals surface area contributed by atoms with Crippen molar-refractivity contribution in [3.05, 3.63) is 84.4 Å². The minimum absolute atomic E-state index is 0.101. The maximum absolute atomic E-state index is 12.4. The molecule has 0 spiro atoms. The standard InChI is InChI=1S/C25H25N3O3S/c1-28(14-8-13-22-15-23(27-31-22)19-9-4-2-5-10-19)24(29)18-32-17-21-16-30-25(26-21)20-11-6-3-7-12-20/h2-7,9-12,15-16H,8,13-14,17-18H2,1H3. The van der Waals surface area contributed by atoms with E-state index >= 15 is 0 Å². The molecule has 0 saturated carbocycles. The van der Waals surface area contributed by atoms with Crippen LogP contribution in [-0.2, 0) is 17.0 Å². The zero-order valence-corrected chi connectivity index (χ0v) is 18.8. The molecule has 0 unspecified atom stereocenters. The third-order valence-corrected chi connectivity index (χ3v) is 5.97. The quantitative estimate of drug-likeness (QED) is 0.328. The van der Waals surface area contributed by atoms with Gasteiger partial charge in [0.25, 0.3) is 0 Å². The molecule has 164 valence electrons. The number of thioether (sulfide) groups is 1. The first-order valence-corrected chi connectivity index (χ1v) is 11.7. The van der Waals surface area contributed by atoms with Crippen LogP contribution in [0.2, 0.25) is 0 Å². The predicted molar refractivity (Wildman–Crippen MR) is 126 cm³/mol. The second-order valence-corrected chi connectivity index (χ2v) is 8.45. The van der Waals surface area contributed by atoms with Gasteiger partial charge in [-0.3, -0.25) is 4.79 Å². The molecule has 0 aliphatic heterocycles. The van der Waals surface area contributed by atoms with Crippen molar-refractivity contribution in [2.45, 2.75) is 18.6 Å². The molecule has 4 aromatic rings. The summed E-state index contributed by atoms with van der Waals surface area (Å²) in [7, 11) is 1.84. The highest BCUT2D eigenvalue weighted by Crippen LogP contribution is 2.21. The molecule has 2 heterocycles. The summed E-state index contributed by atoms with van der Waals surface area (Å²) in [4.78, 5) is 18.7. The first-order valence-electron chi connectivity index (χ1n) is 10.5. The largest absolute Gasteiger partial charge is 0.444 e. The minimum Gasteiger partial charge on any atom is -0.444 e. The number of oxazole rings is 1. The lowest BCUT2D eigenvalue weighted by Gasteiger charge is -2.16. The zero-order chi connectivity index (χ0) is 22.2. The molecule has 0 bridgehead atoms. The summed E-state index contributed by atoms with van der Waals surface area (Å²) >= 11 is 1.54. The van der Waals surface area contributed by atoms with E-state index in [1.54, 1.807) is 11.2 Å². The topological polar surface area (TPSA) is 72.4 Å². The van der Waals surface area contributed by atoms with Crippen molar-refractivity contribution in [1.82, 2.24) is 15.0 Å². The Kier molecular flexibility index (Phi) is 7.40. The maximum Gasteiger partial charge on any atom is 0.232 e. The summed E-state index contributed by atoms with van der Waals surface area (Å²) in [5, 5.41) is 4.14. The molecule has 2 aromatic carbocycles. The molecule has 0 fully saturated rings. The molecule has 32 heavy (non-hydrogen) atoms. The predicted octanol–water partition coefficient (Wildman–Crippen LogP) is 5.32. The van der Waals surface area contributed by atoms with Crippen LogP contribution in [0.25, 0.3) is 22.7 Å². The van der Waals surface area contributed by atoms with Crippen molar-refractivity contribution in [2.75, 3.05) is 19.3 Å². The molecule has 7 heteroatoms. The Balaban J connectivity index is 1.16. The zero-order valence-electron chi connectivity index (χ0n) is 17.9. The highest BCUT2D eigenvalue weighted by Gasteiger charge is 2.12.